The number of nitrogens with zero attached hydrogens (tertiary/aromatic N) is 2. The second-order valence-corrected chi connectivity index (χ2v) is 3.75. The number of aliphatic hydroxyl groups excluding tert-OH is 1. The van der Waals surface area contributed by atoms with Crippen molar-refractivity contribution in [1.82, 2.24) is 14.9 Å². The van der Waals surface area contributed by atoms with Crippen LogP contribution in [0, 0.1) is 0 Å². The summed E-state index contributed by atoms with van der Waals surface area (Å²) < 4.78 is 1.77. The van der Waals surface area contributed by atoms with Gasteiger partial charge in [-0.1, -0.05) is 6.07 Å². The van der Waals surface area contributed by atoms with Gasteiger partial charge in [0.2, 0.25) is 5.91 Å². The Morgan fingerprint density at radius 3 is 3.18 bits per heavy atom. The van der Waals surface area contributed by atoms with E-state index in [9.17, 15) is 9.90 Å². The van der Waals surface area contributed by atoms with E-state index in [0.717, 1.165) is 11.1 Å². The second kappa shape index (κ2) is 4.94. The predicted molar refractivity (Wildman–Crippen MR) is 62.1 cm³/mol. The molecule has 0 spiro atoms. The van der Waals surface area contributed by atoms with Crippen LogP contribution in [0.4, 0.5) is 0 Å². The lowest BCUT2D eigenvalue weighted by atomic mass is 10.2. The van der Waals surface area contributed by atoms with Gasteiger partial charge < -0.3 is 16.2 Å². The number of nitrogens with two attached hydrogens (primary N) is 1. The summed E-state index contributed by atoms with van der Waals surface area (Å²) in [5.74, 6) is -0.725. The van der Waals surface area contributed by atoms with E-state index in [0.29, 0.717) is 6.54 Å². The van der Waals surface area contributed by atoms with Gasteiger partial charge in [-0.15, -0.1) is 0 Å². The van der Waals surface area contributed by atoms with Gasteiger partial charge in [-0.3, -0.25) is 4.79 Å². The number of carbonyl (C=O) groups excluding carboxylic acids is 1. The Hall–Kier alpha value is -1.92. The molecule has 6 nitrogen and oxygen atoms in total. The molecule has 2 heterocycles. The standard InChI is InChI=1S/C11H14N4O2/c12-11(17)10(16)7-13-5-8-6-14-15-4-2-1-3-9(8)15/h1-4,6,10,13,16H,5,7H2,(H2,12,17). The van der Waals surface area contributed by atoms with E-state index < -0.39 is 12.0 Å². The summed E-state index contributed by atoms with van der Waals surface area (Å²) in [6, 6.07) is 5.78. The summed E-state index contributed by atoms with van der Waals surface area (Å²) in [5.41, 5.74) is 6.94. The Balaban J connectivity index is 1.98. The zero-order chi connectivity index (χ0) is 12.3. The monoisotopic (exact) mass is 234 g/mol. The van der Waals surface area contributed by atoms with Gasteiger partial charge in [-0.05, 0) is 12.1 Å². The Bertz CT molecular complexity index is 523. The first-order valence-corrected chi connectivity index (χ1v) is 5.28. The number of hydrogen-bond donors (Lipinski definition) is 3. The van der Waals surface area contributed by atoms with Crippen LogP contribution in [0.1, 0.15) is 5.56 Å². The summed E-state index contributed by atoms with van der Waals surface area (Å²) in [5, 5.41) is 16.3. The highest BCUT2D eigenvalue weighted by molar-refractivity contribution is 5.78. The van der Waals surface area contributed by atoms with Crippen LogP contribution >= 0.6 is 0 Å². The highest BCUT2D eigenvalue weighted by Gasteiger charge is 2.10. The maximum absolute atomic E-state index is 10.6. The summed E-state index contributed by atoms with van der Waals surface area (Å²) in [4.78, 5) is 10.6. The lowest BCUT2D eigenvalue weighted by molar-refractivity contribution is -0.125. The van der Waals surface area contributed by atoms with Gasteiger partial charge in [0.1, 0.15) is 6.10 Å². The normalized spacial score (nSPS) is 12.8. The molecule has 0 aliphatic rings. The fourth-order valence-electron chi connectivity index (χ4n) is 1.57. The number of nitrogens with one attached hydrogen (secondary N) is 1. The lowest BCUT2D eigenvalue weighted by Gasteiger charge is -2.07. The topological polar surface area (TPSA) is 92.7 Å². The van der Waals surface area contributed by atoms with E-state index in [1.54, 1.807) is 10.7 Å². The van der Waals surface area contributed by atoms with Crippen molar-refractivity contribution < 1.29 is 9.90 Å². The molecule has 4 N–H and O–H groups in total. The minimum Gasteiger partial charge on any atom is -0.382 e. The average Bonchev–Trinajstić information content (AvgIpc) is 2.72. The fraction of sp³-hybridized carbons (Fsp3) is 0.273. The largest absolute Gasteiger partial charge is 0.382 e. The predicted octanol–water partition coefficient (Wildman–Crippen LogP) is -0.730. The van der Waals surface area contributed by atoms with Crippen molar-refractivity contribution in [3.8, 4) is 0 Å². The molecule has 2 aromatic rings. The third kappa shape index (κ3) is 2.61. The molecule has 1 atom stereocenters. The van der Waals surface area contributed by atoms with Crippen LogP contribution in [0.3, 0.4) is 0 Å². The number of hydrogen-bond acceptors (Lipinski definition) is 4. The number of carbonyl (C=O) groups is 1. The third-order valence-corrected chi connectivity index (χ3v) is 2.49. The maximum Gasteiger partial charge on any atom is 0.247 e. The SMILES string of the molecule is NC(=O)C(O)CNCc1cnn2ccccc12. The molecule has 0 aliphatic heterocycles. The van der Waals surface area contributed by atoms with Crippen molar-refractivity contribution in [2.24, 2.45) is 5.73 Å². The van der Waals surface area contributed by atoms with Gasteiger partial charge in [0.15, 0.2) is 0 Å². The molecule has 6 heteroatoms. The smallest absolute Gasteiger partial charge is 0.247 e. The van der Waals surface area contributed by atoms with Gasteiger partial charge in [0.25, 0.3) is 0 Å². The molecule has 0 fully saturated rings. The molecule has 0 saturated heterocycles. The Morgan fingerprint density at radius 2 is 2.41 bits per heavy atom. The molecule has 0 aromatic carbocycles. The second-order valence-electron chi connectivity index (χ2n) is 3.75. The molecule has 0 aliphatic carbocycles. The van der Waals surface area contributed by atoms with E-state index in [2.05, 4.69) is 10.4 Å². The molecule has 1 unspecified atom stereocenters. The van der Waals surface area contributed by atoms with Crippen LogP contribution in [-0.2, 0) is 11.3 Å². The van der Waals surface area contributed by atoms with E-state index >= 15 is 0 Å². The molecule has 2 rings (SSSR count). The van der Waals surface area contributed by atoms with E-state index in [-0.39, 0.29) is 6.54 Å². The molecule has 1 amide bonds. The summed E-state index contributed by atoms with van der Waals surface area (Å²) in [7, 11) is 0. The summed E-state index contributed by atoms with van der Waals surface area (Å²) in [6.07, 6.45) is 2.45. The molecule has 0 radical (unpaired) electrons. The van der Waals surface area contributed by atoms with Gasteiger partial charge in [-0.25, -0.2) is 4.52 Å². The van der Waals surface area contributed by atoms with Crippen molar-refractivity contribution in [3.63, 3.8) is 0 Å². The highest BCUT2D eigenvalue weighted by Crippen LogP contribution is 2.08. The molecule has 17 heavy (non-hydrogen) atoms. The van der Waals surface area contributed by atoms with E-state index in [1.165, 1.54) is 0 Å². The van der Waals surface area contributed by atoms with Crippen LogP contribution in [-0.4, -0.2) is 33.3 Å². The Labute approximate surface area is 98.0 Å². The Kier molecular flexibility index (Phi) is 3.36. The molecule has 2 aromatic heterocycles. The van der Waals surface area contributed by atoms with Crippen LogP contribution in [0.15, 0.2) is 30.6 Å². The summed E-state index contributed by atoms with van der Waals surface area (Å²) in [6.45, 7) is 0.664. The number of amides is 1. The molecular formula is C11H14N4O2. The number of rotatable bonds is 5. The minimum absolute atomic E-state index is 0.138. The van der Waals surface area contributed by atoms with Gasteiger partial charge >= 0.3 is 0 Å². The third-order valence-electron chi connectivity index (χ3n) is 2.49. The molecule has 90 valence electrons. The Morgan fingerprint density at radius 1 is 1.59 bits per heavy atom. The van der Waals surface area contributed by atoms with Crippen LogP contribution < -0.4 is 11.1 Å². The minimum atomic E-state index is -1.16. The highest BCUT2D eigenvalue weighted by atomic mass is 16.3. The van der Waals surface area contributed by atoms with Crippen molar-refractivity contribution in [2.75, 3.05) is 6.54 Å². The number of aliphatic hydroxyl groups is 1. The van der Waals surface area contributed by atoms with Crippen LogP contribution in [0.2, 0.25) is 0 Å². The van der Waals surface area contributed by atoms with Crippen LogP contribution in [0.5, 0.6) is 0 Å². The number of pyridine rings is 1. The van der Waals surface area contributed by atoms with E-state index in [4.69, 9.17) is 5.73 Å². The van der Waals surface area contributed by atoms with Crippen molar-refractivity contribution in [2.45, 2.75) is 12.6 Å². The first-order valence-electron chi connectivity index (χ1n) is 5.28. The number of fused-ring (bicyclic) bond motifs is 1. The number of aromatic nitrogens is 2. The average molecular weight is 234 g/mol. The van der Waals surface area contributed by atoms with Crippen LogP contribution in [0.25, 0.3) is 5.52 Å². The van der Waals surface area contributed by atoms with Crippen molar-refractivity contribution >= 4 is 11.4 Å². The maximum atomic E-state index is 10.6. The zero-order valence-electron chi connectivity index (χ0n) is 9.21. The van der Waals surface area contributed by atoms with Gasteiger partial charge in [0.05, 0.1) is 11.7 Å². The quantitative estimate of drug-likeness (QED) is 0.636. The molecule has 0 saturated carbocycles. The first kappa shape index (κ1) is 11.6. The summed E-state index contributed by atoms with van der Waals surface area (Å²) >= 11 is 0. The number of primary amides is 1. The van der Waals surface area contributed by atoms with E-state index in [1.807, 2.05) is 24.4 Å². The van der Waals surface area contributed by atoms with Crippen molar-refractivity contribution in [3.05, 3.63) is 36.2 Å². The first-order chi connectivity index (χ1) is 8.18. The molecule has 0 bridgehead atoms. The van der Waals surface area contributed by atoms with Gasteiger partial charge in [-0.2, -0.15) is 5.10 Å². The lowest BCUT2D eigenvalue weighted by Crippen LogP contribution is -2.37. The molecular weight excluding hydrogens is 220 g/mol. The van der Waals surface area contributed by atoms with Gasteiger partial charge in [0, 0.05) is 24.8 Å². The van der Waals surface area contributed by atoms with Crippen molar-refractivity contribution in [1.29, 1.82) is 0 Å². The zero-order valence-corrected chi connectivity index (χ0v) is 9.21. The fourth-order valence-corrected chi connectivity index (χ4v) is 1.57.